The highest BCUT2D eigenvalue weighted by Crippen LogP contribution is 2.44. The van der Waals surface area contributed by atoms with Crippen molar-refractivity contribution in [1.29, 1.82) is 0 Å². The van der Waals surface area contributed by atoms with E-state index in [1.807, 2.05) is 6.07 Å². The van der Waals surface area contributed by atoms with Crippen LogP contribution in [0.4, 0.5) is 17.1 Å². The predicted molar refractivity (Wildman–Crippen MR) is 212 cm³/mol. The van der Waals surface area contributed by atoms with E-state index in [9.17, 15) is 0 Å². The number of fused-ring (bicyclic) bond motifs is 7. The number of rotatable bonds is 5. The summed E-state index contributed by atoms with van der Waals surface area (Å²) < 4.78 is 6.64. The van der Waals surface area contributed by atoms with Gasteiger partial charge in [0.05, 0.1) is 5.69 Å². The average Bonchev–Trinajstić information content (AvgIpc) is 3.57. The third-order valence-electron chi connectivity index (χ3n) is 10.1. The van der Waals surface area contributed by atoms with E-state index in [2.05, 4.69) is 187 Å². The van der Waals surface area contributed by atoms with Crippen molar-refractivity contribution in [2.75, 3.05) is 4.90 Å². The summed E-state index contributed by atoms with van der Waals surface area (Å²) in [5.41, 5.74) is 9.87. The highest BCUT2D eigenvalue weighted by atomic mass is 16.3. The summed E-state index contributed by atoms with van der Waals surface area (Å²) in [5.74, 6) is 0. The zero-order valence-electron chi connectivity index (χ0n) is 27.3. The Labute approximate surface area is 290 Å². The first-order valence-electron chi connectivity index (χ1n) is 17.1. The molecule has 0 amide bonds. The van der Waals surface area contributed by atoms with E-state index in [0.717, 1.165) is 49.8 Å². The monoisotopic (exact) mass is 637 g/mol. The minimum atomic E-state index is 0.898. The van der Waals surface area contributed by atoms with Gasteiger partial charge in [0.25, 0.3) is 0 Å². The van der Waals surface area contributed by atoms with Crippen molar-refractivity contribution in [3.8, 4) is 22.3 Å². The minimum Gasteiger partial charge on any atom is -0.455 e. The molecule has 1 heterocycles. The molecule has 0 bridgehead atoms. The van der Waals surface area contributed by atoms with Gasteiger partial charge in [-0.15, -0.1) is 0 Å². The van der Waals surface area contributed by atoms with Gasteiger partial charge < -0.3 is 9.32 Å². The molecule has 0 fully saturated rings. The second-order valence-corrected chi connectivity index (χ2v) is 12.9. The van der Waals surface area contributed by atoms with Crippen molar-refractivity contribution in [3.05, 3.63) is 188 Å². The highest BCUT2D eigenvalue weighted by Gasteiger charge is 2.20. The second kappa shape index (κ2) is 11.5. The number of furan rings is 1. The molecule has 0 aliphatic carbocycles. The Morgan fingerprint density at radius 3 is 1.46 bits per heavy atom. The first-order valence-corrected chi connectivity index (χ1v) is 17.1. The zero-order chi connectivity index (χ0) is 33.0. The molecule has 50 heavy (non-hydrogen) atoms. The van der Waals surface area contributed by atoms with Gasteiger partial charge in [0, 0.05) is 27.5 Å². The Morgan fingerprint density at radius 1 is 0.340 bits per heavy atom. The van der Waals surface area contributed by atoms with Crippen LogP contribution in [-0.2, 0) is 0 Å². The molecule has 0 atom stereocenters. The maximum Gasteiger partial charge on any atom is 0.145 e. The summed E-state index contributed by atoms with van der Waals surface area (Å²) in [7, 11) is 0. The molecule has 10 rings (SSSR count). The van der Waals surface area contributed by atoms with Crippen molar-refractivity contribution in [2.24, 2.45) is 0 Å². The van der Waals surface area contributed by atoms with Gasteiger partial charge in [-0.2, -0.15) is 0 Å². The van der Waals surface area contributed by atoms with Crippen molar-refractivity contribution in [1.82, 2.24) is 0 Å². The zero-order valence-corrected chi connectivity index (χ0v) is 27.3. The van der Waals surface area contributed by atoms with Crippen LogP contribution in [0, 0.1) is 0 Å². The Hall–Kier alpha value is -6.64. The van der Waals surface area contributed by atoms with Crippen molar-refractivity contribution >= 4 is 71.3 Å². The maximum atomic E-state index is 6.64. The van der Waals surface area contributed by atoms with Gasteiger partial charge in [0.15, 0.2) is 0 Å². The largest absolute Gasteiger partial charge is 0.455 e. The van der Waals surface area contributed by atoms with Gasteiger partial charge in [-0.1, -0.05) is 146 Å². The van der Waals surface area contributed by atoms with Crippen LogP contribution in [0.5, 0.6) is 0 Å². The first-order chi connectivity index (χ1) is 24.8. The van der Waals surface area contributed by atoms with E-state index >= 15 is 0 Å². The van der Waals surface area contributed by atoms with Crippen LogP contribution in [0.3, 0.4) is 0 Å². The lowest BCUT2D eigenvalue weighted by molar-refractivity contribution is 0.672. The molecule has 0 radical (unpaired) electrons. The summed E-state index contributed by atoms with van der Waals surface area (Å²) in [4.78, 5) is 2.37. The predicted octanol–water partition coefficient (Wildman–Crippen LogP) is 13.8. The molecule has 2 nitrogen and oxygen atoms in total. The normalized spacial score (nSPS) is 11.6. The summed E-state index contributed by atoms with van der Waals surface area (Å²) in [5, 5.41) is 9.48. The third-order valence-corrected chi connectivity index (χ3v) is 10.1. The maximum absolute atomic E-state index is 6.64. The molecule has 10 aromatic rings. The van der Waals surface area contributed by atoms with E-state index < -0.39 is 0 Å². The Bertz CT molecular complexity index is 2730. The van der Waals surface area contributed by atoms with Gasteiger partial charge in [-0.3, -0.25) is 0 Å². The number of hydrogen-bond donors (Lipinski definition) is 0. The Morgan fingerprint density at radius 2 is 0.840 bits per heavy atom. The minimum absolute atomic E-state index is 0.898. The molecule has 0 spiro atoms. The van der Waals surface area contributed by atoms with Crippen molar-refractivity contribution < 1.29 is 4.42 Å². The first kappa shape index (κ1) is 28.4. The molecular weight excluding hydrogens is 607 g/mol. The van der Waals surface area contributed by atoms with E-state index in [-0.39, 0.29) is 0 Å². The van der Waals surface area contributed by atoms with E-state index in [1.54, 1.807) is 0 Å². The number of anilines is 3. The molecule has 234 valence electrons. The fraction of sp³-hybridized carbons (Fsp3) is 0. The average molecular weight is 638 g/mol. The van der Waals surface area contributed by atoms with Crippen LogP contribution in [0.2, 0.25) is 0 Å². The lowest BCUT2D eigenvalue weighted by Gasteiger charge is -2.27. The van der Waals surface area contributed by atoms with Crippen molar-refractivity contribution in [3.63, 3.8) is 0 Å². The van der Waals surface area contributed by atoms with Crippen LogP contribution < -0.4 is 4.90 Å². The van der Waals surface area contributed by atoms with Gasteiger partial charge in [0.1, 0.15) is 11.2 Å². The van der Waals surface area contributed by atoms with E-state index in [1.165, 1.54) is 43.8 Å². The lowest BCUT2D eigenvalue weighted by atomic mass is 9.97. The molecule has 0 aliphatic heterocycles. The molecule has 0 N–H and O–H groups in total. The summed E-state index contributed by atoms with van der Waals surface area (Å²) in [6, 6.07) is 67.5. The molecule has 0 saturated heterocycles. The molecular formula is C48H31NO. The summed E-state index contributed by atoms with van der Waals surface area (Å²) in [6.45, 7) is 0. The van der Waals surface area contributed by atoms with E-state index in [4.69, 9.17) is 4.42 Å². The smallest absolute Gasteiger partial charge is 0.145 e. The number of nitrogens with zero attached hydrogens (tertiary/aromatic N) is 1. The Kier molecular flexibility index (Phi) is 6.53. The van der Waals surface area contributed by atoms with Crippen LogP contribution >= 0.6 is 0 Å². The molecule has 0 saturated carbocycles. The number of hydrogen-bond acceptors (Lipinski definition) is 2. The SMILES string of the molecule is c1ccc2c(-c3ccc(N(c4ccc(-c5cccc6ccccc56)cc4)c4cccc5ccc6c7ccccc7oc6c45)cc3)cccc2c1. The summed E-state index contributed by atoms with van der Waals surface area (Å²) >= 11 is 0. The highest BCUT2D eigenvalue weighted by molar-refractivity contribution is 6.19. The van der Waals surface area contributed by atoms with Crippen LogP contribution in [-0.4, -0.2) is 0 Å². The molecule has 0 unspecified atom stereocenters. The van der Waals surface area contributed by atoms with Crippen LogP contribution in [0.25, 0.3) is 76.5 Å². The molecule has 0 aliphatic rings. The van der Waals surface area contributed by atoms with Crippen molar-refractivity contribution in [2.45, 2.75) is 0 Å². The topological polar surface area (TPSA) is 16.4 Å². The quantitative estimate of drug-likeness (QED) is 0.187. The van der Waals surface area contributed by atoms with Gasteiger partial charge in [-0.05, 0) is 91.6 Å². The Balaban J connectivity index is 1.17. The molecule has 2 heteroatoms. The van der Waals surface area contributed by atoms with Gasteiger partial charge >= 0.3 is 0 Å². The number of benzene rings is 9. The van der Waals surface area contributed by atoms with Gasteiger partial charge in [-0.25, -0.2) is 0 Å². The summed E-state index contributed by atoms with van der Waals surface area (Å²) in [6.07, 6.45) is 0. The van der Waals surface area contributed by atoms with Crippen LogP contribution in [0.15, 0.2) is 192 Å². The standard InChI is InChI=1S/C48H31NO/c1-3-15-39-32(10-1)12-7-18-41(39)34-22-27-37(28-23-34)49(38-29-24-35(25-30-38)42-19-8-13-33-11-2-4-16-40(33)42)45-20-9-14-36-26-31-44-43-17-5-6-21-46(43)50-48(44)47(36)45/h1-31H. The van der Waals surface area contributed by atoms with E-state index in [0.29, 0.717) is 0 Å². The third kappa shape index (κ3) is 4.57. The fourth-order valence-corrected chi connectivity index (χ4v) is 7.68. The lowest BCUT2D eigenvalue weighted by Crippen LogP contribution is -2.10. The second-order valence-electron chi connectivity index (χ2n) is 12.9. The van der Waals surface area contributed by atoms with Crippen LogP contribution in [0.1, 0.15) is 0 Å². The molecule has 1 aromatic heterocycles. The number of para-hydroxylation sites is 1. The van der Waals surface area contributed by atoms with Gasteiger partial charge in [0.2, 0.25) is 0 Å². The fourth-order valence-electron chi connectivity index (χ4n) is 7.68. The molecule has 9 aromatic carbocycles.